The molecule has 0 atom stereocenters. The lowest BCUT2D eigenvalue weighted by Gasteiger charge is -2.27. The quantitative estimate of drug-likeness (QED) is 0.898. The summed E-state index contributed by atoms with van der Waals surface area (Å²) in [6.07, 6.45) is 3.94. The maximum absolute atomic E-state index is 12.6. The first-order valence-corrected chi connectivity index (χ1v) is 9.05. The van der Waals surface area contributed by atoms with Gasteiger partial charge in [-0.3, -0.25) is 0 Å². The van der Waals surface area contributed by atoms with Gasteiger partial charge in [0.25, 0.3) is 0 Å². The molecule has 0 saturated heterocycles. The minimum absolute atomic E-state index is 0.0312. The topological polar surface area (TPSA) is 66.4 Å². The summed E-state index contributed by atoms with van der Waals surface area (Å²) < 4.78 is 28.1. The molecule has 5 heteroatoms. The molecule has 1 saturated carbocycles. The van der Waals surface area contributed by atoms with E-state index in [1.54, 1.807) is 6.07 Å². The third kappa shape index (κ3) is 3.84. The Labute approximate surface area is 127 Å². The molecule has 1 aliphatic carbocycles. The Morgan fingerprint density at radius 2 is 1.81 bits per heavy atom. The van der Waals surface area contributed by atoms with Crippen molar-refractivity contribution in [2.45, 2.75) is 64.0 Å². The van der Waals surface area contributed by atoms with Crippen LogP contribution in [0.1, 0.15) is 49.3 Å². The van der Waals surface area contributed by atoms with Gasteiger partial charge in [-0.2, -0.15) is 0 Å². The smallest absolute Gasteiger partial charge is 0.241 e. The molecule has 0 amide bonds. The highest BCUT2D eigenvalue weighted by Gasteiger charge is 2.25. The minimum atomic E-state index is -3.52. The summed E-state index contributed by atoms with van der Waals surface area (Å²) in [6.45, 7) is 5.75. The van der Waals surface area contributed by atoms with Crippen LogP contribution in [-0.4, -0.2) is 19.6 Å². The monoisotopic (exact) mass is 311 g/mol. The normalized spacial score (nSPS) is 23.2. The van der Waals surface area contributed by atoms with Gasteiger partial charge in [0.05, 0.1) is 11.5 Å². The fraction of sp³-hybridized carbons (Fsp3) is 0.625. The molecule has 2 N–H and O–H groups in total. The van der Waals surface area contributed by atoms with Crippen LogP contribution in [0.25, 0.3) is 0 Å². The van der Waals surface area contributed by atoms with E-state index in [1.165, 1.54) is 0 Å². The van der Waals surface area contributed by atoms with Crippen LogP contribution in [0.15, 0.2) is 17.0 Å². The van der Waals surface area contributed by atoms with Crippen molar-refractivity contribution in [2.75, 3.05) is 0 Å². The molecule has 0 aliphatic heterocycles. The van der Waals surface area contributed by atoms with Gasteiger partial charge in [-0.05, 0) is 68.2 Å². The Morgan fingerprint density at radius 1 is 1.19 bits per heavy atom. The standard InChI is InChI=1S/C16H25NO3S/c1-11-4-6-15(7-5-11)17-21(19,20)16-9-14(10-18)8-12(2)13(16)3/h8-9,11,15,17-18H,4-7,10H2,1-3H3. The average Bonchev–Trinajstić information content (AvgIpc) is 2.43. The van der Waals surface area contributed by atoms with Crippen LogP contribution in [0.3, 0.4) is 0 Å². The molecule has 4 nitrogen and oxygen atoms in total. The highest BCUT2D eigenvalue weighted by molar-refractivity contribution is 7.89. The van der Waals surface area contributed by atoms with Crippen molar-refractivity contribution < 1.29 is 13.5 Å². The summed E-state index contributed by atoms with van der Waals surface area (Å²) in [5.74, 6) is 0.687. The van der Waals surface area contributed by atoms with Crippen molar-refractivity contribution in [3.05, 3.63) is 28.8 Å². The van der Waals surface area contributed by atoms with E-state index in [4.69, 9.17) is 0 Å². The Kier molecular flexibility index (Phi) is 5.07. The number of aryl methyl sites for hydroxylation is 1. The Morgan fingerprint density at radius 3 is 2.38 bits per heavy atom. The largest absolute Gasteiger partial charge is 0.392 e. The Hall–Kier alpha value is -0.910. The second-order valence-electron chi connectivity index (χ2n) is 6.27. The molecule has 0 unspecified atom stereocenters. The lowest BCUT2D eigenvalue weighted by atomic mass is 9.88. The van der Waals surface area contributed by atoms with Gasteiger partial charge in [0.2, 0.25) is 10.0 Å². The molecule has 0 bridgehead atoms. The molecule has 118 valence electrons. The van der Waals surface area contributed by atoms with Crippen molar-refractivity contribution >= 4 is 10.0 Å². The zero-order valence-corrected chi connectivity index (χ0v) is 13.8. The molecule has 0 heterocycles. The van der Waals surface area contributed by atoms with Crippen LogP contribution in [-0.2, 0) is 16.6 Å². The summed E-state index contributed by atoms with van der Waals surface area (Å²) in [5, 5.41) is 9.28. The third-order valence-electron chi connectivity index (χ3n) is 4.49. The van der Waals surface area contributed by atoms with Crippen LogP contribution in [0.4, 0.5) is 0 Å². The number of hydrogen-bond acceptors (Lipinski definition) is 3. The van der Waals surface area contributed by atoms with Gasteiger partial charge in [0.15, 0.2) is 0 Å². The molecule has 1 fully saturated rings. The first-order valence-electron chi connectivity index (χ1n) is 7.57. The van der Waals surface area contributed by atoms with E-state index in [0.717, 1.165) is 36.8 Å². The average molecular weight is 311 g/mol. The van der Waals surface area contributed by atoms with Crippen LogP contribution >= 0.6 is 0 Å². The SMILES string of the molecule is Cc1cc(CO)cc(S(=O)(=O)NC2CCC(C)CC2)c1C. The highest BCUT2D eigenvalue weighted by Crippen LogP contribution is 2.26. The van der Waals surface area contributed by atoms with Gasteiger partial charge in [0, 0.05) is 6.04 Å². The fourth-order valence-electron chi connectivity index (χ4n) is 2.93. The maximum atomic E-state index is 12.6. The number of rotatable bonds is 4. The molecule has 2 rings (SSSR count). The summed E-state index contributed by atoms with van der Waals surface area (Å²) in [7, 11) is -3.52. The first-order chi connectivity index (χ1) is 9.83. The van der Waals surface area contributed by atoms with Crippen molar-refractivity contribution in [1.29, 1.82) is 0 Å². The number of benzene rings is 1. The molecule has 1 aromatic rings. The van der Waals surface area contributed by atoms with E-state index >= 15 is 0 Å². The van der Waals surface area contributed by atoms with Crippen LogP contribution in [0.5, 0.6) is 0 Å². The summed E-state index contributed by atoms with van der Waals surface area (Å²) in [5.41, 5.74) is 2.28. The minimum Gasteiger partial charge on any atom is -0.392 e. The van der Waals surface area contributed by atoms with E-state index in [-0.39, 0.29) is 12.6 Å². The van der Waals surface area contributed by atoms with Crippen LogP contribution < -0.4 is 4.72 Å². The fourth-order valence-corrected chi connectivity index (χ4v) is 4.60. The molecule has 0 spiro atoms. The van der Waals surface area contributed by atoms with Crippen molar-refractivity contribution in [2.24, 2.45) is 5.92 Å². The molecular weight excluding hydrogens is 286 g/mol. The van der Waals surface area contributed by atoms with Crippen LogP contribution in [0.2, 0.25) is 0 Å². The lowest BCUT2D eigenvalue weighted by Crippen LogP contribution is -2.37. The summed E-state index contributed by atoms with van der Waals surface area (Å²) >= 11 is 0. The Bertz CT molecular complexity index is 602. The summed E-state index contributed by atoms with van der Waals surface area (Å²) in [4.78, 5) is 0.296. The zero-order valence-electron chi connectivity index (χ0n) is 13.0. The molecule has 1 aromatic carbocycles. The molecular formula is C16H25NO3S. The zero-order chi connectivity index (χ0) is 15.6. The third-order valence-corrected chi connectivity index (χ3v) is 6.14. The van der Waals surface area contributed by atoms with Gasteiger partial charge in [-0.15, -0.1) is 0 Å². The van der Waals surface area contributed by atoms with E-state index < -0.39 is 10.0 Å². The maximum Gasteiger partial charge on any atom is 0.241 e. The highest BCUT2D eigenvalue weighted by atomic mass is 32.2. The molecule has 1 aliphatic rings. The van der Waals surface area contributed by atoms with Crippen molar-refractivity contribution in [1.82, 2.24) is 4.72 Å². The predicted molar refractivity (Wildman–Crippen MR) is 83.6 cm³/mol. The van der Waals surface area contributed by atoms with Crippen LogP contribution in [0, 0.1) is 19.8 Å². The van der Waals surface area contributed by atoms with Gasteiger partial charge in [-0.25, -0.2) is 13.1 Å². The second kappa shape index (κ2) is 6.46. The predicted octanol–water partition coefficient (Wildman–Crippen LogP) is 2.65. The first kappa shape index (κ1) is 16.5. The molecule has 0 radical (unpaired) electrons. The van der Waals surface area contributed by atoms with Gasteiger partial charge < -0.3 is 5.11 Å². The lowest BCUT2D eigenvalue weighted by molar-refractivity contribution is 0.281. The van der Waals surface area contributed by atoms with E-state index in [1.807, 2.05) is 19.9 Å². The number of aliphatic hydroxyl groups excluding tert-OH is 1. The number of aliphatic hydroxyl groups is 1. The van der Waals surface area contributed by atoms with E-state index in [9.17, 15) is 13.5 Å². The summed E-state index contributed by atoms with van der Waals surface area (Å²) in [6, 6.07) is 3.44. The number of nitrogens with one attached hydrogen (secondary N) is 1. The van der Waals surface area contributed by atoms with Gasteiger partial charge >= 0.3 is 0 Å². The van der Waals surface area contributed by atoms with Crippen molar-refractivity contribution in [3.63, 3.8) is 0 Å². The van der Waals surface area contributed by atoms with Crippen molar-refractivity contribution in [3.8, 4) is 0 Å². The van der Waals surface area contributed by atoms with E-state index in [0.29, 0.717) is 16.4 Å². The molecule has 21 heavy (non-hydrogen) atoms. The Balaban J connectivity index is 2.25. The number of sulfonamides is 1. The second-order valence-corrected chi connectivity index (χ2v) is 7.95. The number of hydrogen-bond donors (Lipinski definition) is 2. The molecule has 0 aromatic heterocycles. The van der Waals surface area contributed by atoms with E-state index in [2.05, 4.69) is 11.6 Å². The van der Waals surface area contributed by atoms with Gasteiger partial charge in [-0.1, -0.05) is 13.0 Å². The van der Waals surface area contributed by atoms with Gasteiger partial charge in [0.1, 0.15) is 0 Å².